The molecule has 0 fully saturated rings. The molecule has 0 aliphatic heterocycles. The lowest BCUT2D eigenvalue weighted by molar-refractivity contribution is -0.142. The van der Waals surface area contributed by atoms with Gasteiger partial charge < -0.3 is 4.74 Å². The lowest BCUT2D eigenvalue weighted by Crippen LogP contribution is -2.15. The van der Waals surface area contributed by atoms with Gasteiger partial charge in [-0.25, -0.2) is 4.98 Å². The molecule has 128 valence electrons. The number of thiazole rings is 1. The van der Waals surface area contributed by atoms with Crippen molar-refractivity contribution in [3.8, 4) is 0 Å². The molecule has 3 aromatic rings. The Morgan fingerprint density at radius 2 is 1.92 bits per heavy atom. The molecule has 0 N–H and O–H groups in total. The van der Waals surface area contributed by atoms with Crippen LogP contribution in [-0.4, -0.2) is 23.3 Å². The van der Waals surface area contributed by atoms with Gasteiger partial charge >= 0.3 is 5.97 Å². The molecule has 25 heavy (non-hydrogen) atoms. The molecule has 4 nitrogen and oxygen atoms in total. The molecule has 0 bridgehead atoms. The number of ether oxygens (including phenoxy) is 1. The predicted octanol–water partition coefficient (Wildman–Crippen LogP) is 4.27. The van der Waals surface area contributed by atoms with Crippen molar-refractivity contribution < 1.29 is 14.3 Å². The summed E-state index contributed by atoms with van der Waals surface area (Å²) in [7, 11) is 0. The summed E-state index contributed by atoms with van der Waals surface area (Å²) < 4.78 is 6.23. The molecule has 0 aliphatic carbocycles. The Kier molecular flexibility index (Phi) is 5.24. The van der Waals surface area contributed by atoms with Crippen LogP contribution in [0.4, 0.5) is 0 Å². The molecule has 0 unspecified atom stereocenters. The summed E-state index contributed by atoms with van der Waals surface area (Å²) in [5, 5.41) is 0.902. The zero-order valence-electron chi connectivity index (χ0n) is 14.2. The normalized spacial score (nSPS) is 10.8. The molecule has 1 heterocycles. The van der Waals surface area contributed by atoms with Crippen LogP contribution < -0.4 is 0 Å². The van der Waals surface area contributed by atoms with Crippen LogP contribution in [0.1, 0.15) is 32.9 Å². The van der Waals surface area contributed by atoms with E-state index in [-0.39, 0.29) is 24.8 Å². The van der Waals surface area contributed by atoms with Crippen LogP contribution in [0.25, 0.3) is 10.2 Å². The number of fused-ring (bicyclic) bond motifs is 1. The smallest absolute Gasteiger partial charge is 0.306 e. The van der Waals surface area contributed by atoms with Gasteiger partial charge in [0.2, 0.25) is 5.78 Å². The summed E-state index contributed by atoms with van der Waals surface area (Å²) in [5.74, 6) is -0.553. The number of para-hydroxylation sites is 1. The zero-order valence-corrected chi connectivity index (χ0v) is 15.1. The Morgan fingerprint density at radius 3 is 2.68 bits per heavy atom. The van der Waals surface area contributed by atoms with Crippen molar-refractivity contribution in [1.29, 1.82) is 0 Å². The number of hydrogen-bond acceptors (Lipinski definition) is 5. The topological polar surface area (TPSA) is 56.3 Å². The largest absolute Gasteiger partial charge is 0.457 e. The summed E-state index contributed by atoms with van der Waals surface area (Å²) >= 11 is 1.58. The number of carbonyl (C=O) groups excluding carboxylic acids is 2. The third kappa shape index (κ3) is 4.31. The van der Waals surface area contributed by atoms with E-state index in [1.165, 1.54) is 0 Å². The lowest BCUT2D eigenvalue weighted by atomic mass is 10.0. The van der Waals surface area contributed by atoms with Crippen LogP contribution in [0.15, 0.2) is 42.5 Å². The molecule has 5 heteroatoms. The summed E-state index contributed by atoms with van der Waals surface area (Å²) in [6.07, 6.45) is 0.746. The van der Waals surface area contributed by atoms with Gasteiger partial charge in [0.15, 0.2) is 6.61 Å². The molecule has 0 saturated heterocycles. The van der Waals surface area contributed by atoms with Crippen molar-refractivity contribution in [1.82, 2.24) is 4.98 Å². The number of esters is 1. The van der Waals surface area contributed by atoms with Gasteiger partial charge in [0, 0.05) is 12.0 Å². The van der Waals surface area contributed by atoms with Crippen molar-refractivity contribution in [2.75, 3.05) is 6.61 Å². The molecule has 1 aromatic heterocycles. The maximum absolute atomic E-state index is 12.2. The Hall–Kier alpha value is -2.53. The van der Waals surface area contributed by atoms with E-state index in [9.17, 15) is 9.59 Å². The van der Waals surface area contributed by atoms with Crippen molar-refractivity contribution in [2.24, 2.45) is 0 Å². The fourth-order valence-electron chi connectivity index (χ4n) is 2.66. The minimum atomic E-state index is -0.377. The second-order valence-corrected chi connectivity index (χ2v) is 7.09. The van der Waals surface area contributed by atoms with Crippen molar-refractivity contribution in [3.63, 3.8) is 0 Å². The fraction of sp³-hybridized carbons (Fsp3) is 0.250. The minimum absolute atomic E-state index is 0.175. The monoisotopic (exact) mass is 353 g/mol. The summed E-state index contributed by atoms with van der Waals surface area (Å²) in [6, 6.07) is 13.5. The van der Waals surface area contributed by atoms with Gasteiger partial charge in [0.1, 0.15) is 0 Å². The van der Waals surface area contributed by atoms with E-state index >= 15 is 0 Å². The molecule has 2 aromatic carbocycles. The average molecular weight is 353 g/mol. The van der Waals surface area contributed by atoms with Gasteiger partial charge in [-0.1, -0.05) is 35.9 Å². The number of aromatic nitrogens is 1. The zero-order chi connectivity index (χ0) is 17.8. The highest BCUT2D eigenvalue weighted by atomic mass is 32.1. The summed E-state index contributed by atoms with van der Waals surface area (Å²) in [5.41, 5.74) is 3.54. The van der Waals surface area contributed by atoms with Crippen LogP contribution in [-0.2, 0) is 16.0 Å². The molecule has 3 rings (SSSR count). The molecule has 0 saturated carbocycles. The maximum Gasteiger partial charge on any atom is 0.306 e. The van der Waals surface area contributed by atoms with E-state index < -0.39 is 0 Å². The van der Waals surface area contributed by atoms with Crippen molar-refractivity contribution in [3.05, 3.63) is 64.2 Å². The number of ketones is 1. The molecular weight excluding hydrogens is 334 g/mol. The highest BCUT2D eigenvalue weighted by Gasteiger charge is 2.13. The van der Waals surface area contributed by atoms with Gasteiger partial charge in [-0.2, -0.15) is 0 Å². The first kappa shape index (κ1) is 17.3. The van der Waals surface area contributed by atoms with Crippen LogP contribution in [0, 0.1) is 13.8 Å². The van der Waals surface area contributed by atoms with Crippen LogP contribution in [0.2, 0.25) is 0 Å². The van der Waals surface area contributed by atoms with Crippen molar-refractivity contribution in [2.45, 2.75) is 26.7 Å². The molecule has 0 spiro atoms. The van der Waals surface area contributed by atoms with Crippen molar-refractivity contribution >= 4 is 33.3 Å². The molecule has 0 radical (unpaired) electrons. The first-order chi connectivity index (χ1) is 12.0. The number of hydrogen-bond donors (Lipinski definition) is 0. The number of rotatable bonds is 6. The van der Waals surface area contributed by atoms with E-state index in [1.54, 1.807) is 17.4 Å². The highest BCUT2D eigenvalue weighted by molar-refractivity contribution is 7.18. The second-order valence-electron chi connectivity index (χ2n) is 5.98. The number of nitrogens with zero attached hydrogens (tertiary/aromatic N) is 1. The molecule has 0 amide bonds. The highest BCUT2D eigenvalue weighted by Crippen LogP contribution is 2.22. The minimum Gasteiger partial charge on any atom is -0.457 e. The molecular formula is C20H19NO3S. The first-order valence-corrected chi connectivity index (χ1v) is 8.95. The van der Waals surface area contributed by atoms with E-state index in [4.69, 9.17) is 4.74 Å². The number of Topliss-reactive ketones (excluding diaryl/α,β-unsaturated/α-hetero) is 1. The molecule has 0 aliphatic rings. The third-order valence-corrected chi connectivity index (χ3v) is 5.02. The quantitative estimate of drug-likeness (QED) is 0.490. The van der Waals surface area contributed by atoms with Gasteiger partial charge in [-0.05, 0) is 31.5 Å². The third-order valence-electron chi connectivity index (χ3n) is 3.93. The first-order valence-electron chi connectivity index (χ1n) is 8.13. The SMILES string of the molecule is Cc1ccc(C(=O)COC(=O)CCc2nc3ccccc3s2)c(C)c1. The number of carbonyl (C=O) groups is 2. The van der Waals surface area contributed by atoms with Gasteiger partial charge in [-0.3, -0.25) is 9.59 Å². The summed E-state index contributed by atoms with van der Waals surface area (Å²) in [4.78, 5) is 28.6. The number of benzene rings is 2. The Balaban J connectivity index is 1.51. The molecule has 0 atom stereocenters. The van der Waals surface area contributed by atoms with E-state index in [0.29, 0.717) is 12.0 Å². The van der Waals surface area contributed by atoms with Gasteiger partial charge in [0.25, 0.3) is 0 Å². The van der Waals surface area contributed by atoms with Crippen LogP contribution in [0.3, 0.4) is 0 Å². The second kappa shape index (κ2) is 7.57. The van der Waals surface area contributed by atoms with E-state index in [0.717, 1.165) is 26.4 Å². The van der Waals surface area contributed by atoms with Gasteiger partial charge in [0.05, 0.1) is 21.6 Å². The standard InChI is InChI=1S/C20H19NO3S/c1-13-7-8-15(14(2)11-13)17(22)12-24-20(23)10-9-19-21-16-5-3-4-6-18(16)25-19/h3-8,11H,9-10,12H2,1-2H3. The van der Waals surface area contributed by atoms with Gasteiger partial charge in [-0.15, -0.1) is 11.3 Å². The van der Waals surface area contributed by atoms with E-state index in [1.807, 2.05) is 50.2 Å². The Morgan fingerprint density at radius 1 is 1.12 bits per heavy atom. The Labute approximate surface area is 150 Å². The fourth-order valence-corrected chi connectivity index (χ4v) is 3.63. The Bertz CT molecular complexity index is 897. The van der Waals surface area contributed by atoms with Crippen LogP contribution >= 0.6 is 11.3 Å². The average Bonchev–Trinajstić information content (AvgIpc) is 3.01. The number of aryl methyl sites for hydroxylation is 3. The summed E-state index contributed by atoms with van der Waals surface area (Å²) in [6.45, 7) is 3.64. The lowest BCUT2D eigenvalue weighted by Gasteiger charge is -2.07. The maximum atomic E-state index is 12.2. The van der Waals surface area contributed by atoms with E-state index in [2.05, 4.69) is 4.98 Å². The van der Waals surface area contributed by atoms with Crippen LogP contribution in [0.5, 0.6) is 0 Å². The predicted molar refractivity (Wildman–Crippen MR) is 99.1 cm³/mol.